The second-order valence-electron chi connectivity index (χ2n) is 6.41. The number of halogens is 1. The van der Waals surface area contributed by atoms with Gasteiger partial charge in [0.25, 0.3) is 0 Å². The van der Waals surface area contributed by atoms with Crippen molar-refractivity contribution >= 4 is 28.3 Å². The Bertz CT molecular complexity index is 778. The van der Waals surface area contributed by atoms with Crippen molar-refractivity contribution in [3.63, 3.8) is 0 Å². The molecule has 0 radical (unpaired) electrons. The van der Waals surface area contributed by atoms with Gasteiger partial charge in [-0.1, -0.05) is 12.1 Å². The molecular formula is C18H24FN5O2S. The van der Waals surface area contributed by atoms with Crippen molar-refractivity contribution in [2.45, 2.75) is 32.0 Å². The van der Waals surface area contributed by atoms with Crippen LogP contribution >= 0.6 is 11.3 Å². The number of nitrogens with zero attached hydrogens (tertiary/aromatic N) is 2. The first kappa shape index (κ1) is 20.8. The first-order chi connectivity index (χ1) is 12.8. The number of carbonyl (C=O) groups is 2. The summed E-state index contributed by atoms with van der Waals surface area (Å²) in [6.07, 6.45) is 1.85. The van der Waals surface area contributed by atoms with Gasteiger partial charge in [0.05, 0.1) is 12.6 Å². The van der Waals surface area contributed by atoms with Crippen molar-refractivity contribution < 1.29 is 14.0 Å². The van der Waals surface area contributed by atoms with Crippen molar-refractivity contribution in [3.05, 3.63) is 46.7 Å². The van der Waals surface area contributed by atoms with Crippen LogP contribution in [0.15, 0.2) is 30.5 Å². The number of thiazole rings is 1. The molecule has 4 N–H and O–H groups in total. The fourth-order valence-electron chi connectivity index (χ4n) is 2.29. The minimum absolute atomic E-state index is 0.253. The summed E-state index contributed by atoms with van der Waals surface area (Å²) in [6, 6.07) is 4.68. The van der Waals surface area contributed by atoms with Gasteiger partial charge >= 0.3 is 0 Å². The number of hydrogen-bond acceptors (Lipinski definition) is 6. The summed E-state index contributed by atoms with van der Waals surface area (Å²) in [7, 11) is 3.57. The molecule has 1 aromatic heterocycles. The molecule has 0 aliphatic heterocycles. The van der Waals surface area contributed by atoms with Crippen LogP contribution in [0.4, 0.5) is 9.52 Å². The van der Waals surface area contributed by atoms with Gasteiger partial charge in [-0.05, 0) is 38.7 Å². The Balaban J connectivity index is 2.08. The van der Waals surface area contributed by atoms with Gasteiger partial charge in [0.15, 0.2) is 5.13 Å². The standard InChI is InChI=1S/C18H24FN5O2S/c1-11(24(2)3)16(25)23-15(8-12-4-6-13(19)7-5-12)17(26)21-9-14-10-22-18(20)27-14/h4-7,10-11,15H,8-9H2,1-3H3,(H2,20,22)(H,21,26)(H,23,25)/t11-,15-/m0/s1. The molecule has 0 bridgehead atoms. The Labute approximate surface area is 161 Å². The zero-order valence-corrected chi connectivity index (χ0v) is 16.3. The molecule has 146 valence electrons. The van der Waals surface area contributed by atoms with Crippen LogP contribution in [-0.4, -0.2) is 47.9 Å². The highest BCUT2D eigenvalue weighted by atomic mass is 32.1. The third-order valence-corrected chi connectivity index (χ3v) is 4.97. The first-order valence-electron chi connectivity index (χ1n) is 8.45. The number of nitrogens with two attached hydrogens (primary N) is 1. The van der Waals surface area contributed by atoms with E-state index >= 15 is 0 Å². The van der Waals surface area contributed by atoms with Crippen molar-refractivity contribution in [3.8, 4) is 0 Å². The van der Waals surface area contributed by atoms with E-state index in [4.69, 9.17) is 5.73 Å². The van der Waals surface area contributed by atoms with Crippen molar-refractivity contribution in [2.75, 3.05) is 19.8 Å². The Kier molecular flexibility index (Phi) is 7.26. The third-order valence-electron chi connectivity index (χ3n) is 4.15. The average molecular weight is 393 g/mol. The van der Waals surface area contributed by atoms with Crippen molar-refractivity contribution in [1.29, 1.82) is 0 Å². The average Bonchev–Trinajstić information content (AvgIpc) is 3.05. The van der Waals surface area contributed by atoms with Gasteiger partial charge in [0, 0.05) is 17.5 Å². The molecule has 0 unspecified atom stereocenters. The maximum absolute atomic E-state index is 13.1. The molecule has 0 aliphatic carbocycles. The SMILES string of the molecule is C[C@@H](C(=O)N[C@@H](Cc1ccc(F)cc1)C(=O)NCc1cnc(N)s1)N(C)C. The van der Waals surface area contributed by atoms with E-state index in [1.165, 1.54) is 23.5 Å². The van der Waals surface area contributed by atoms with Gasteiger partial charge in [-0.15, -0.1) is 11.3 Å². The Morgan fingerprint density at radius 3 is 2.48 bits per heavy atom. The smallest absolute Gasteiger partial charge is 0.243 e. The highest BCUT2D eigenvalue weighted by Crippen LogP contribution is 2.14. The van der Waals surface area contributed by atoms with Crippen LogP contribution in [-0.2, 0) is 22.6 Å². The predicted molar refractivity (Wildman–Crippen MR) is 104 cm³/mol. The number of anilines is 1. The van der Waals surface area contributed by atoms with Gasteiger partial charge in [0.2, 0.25) is 11.8 Å². The monoisotopic (exact) mass is 393 g/mol. The summed E-state index contributed by atoms with van der Waals surface area (Å²) in [4.78, 5) is 31.6. The number of nitrogen functional groups attached to an aromatic ring is 1. The molecule has 0 spiro atoms. The van der Waals surface area contributed by atoms with E-state index < -0.39 is 12.1 Å². The minimum Gasteiger partial charge on any atom is -0.375 e. The molecule has 7 nitrogen and oxygen atoms in total. The number of aromatic nitrogens is 1. The molecule has 27 heavy (non-hydrogen) atoms. The number of rotatable bonds is 8. The van der Waals surface area contributed by atoms with Crippen LogP contribution in [0, 0.1) is 5.82 Å². The van der Waals surface area contributed by atoms with Crippen LogP contribution in [0.25, 0.3) is 0 Å². The lowest BCUT2D eigenvalue weighted by atomic mass is 10.0. The maximum Gasteiger partial charge on any atom is 0.243 e. The van der Waals surface area contributed by atoms with E-state index in [1.54, 1.807) is 44.2 Å². The number of hydrogen-bond donors (Lipinski definition) is 3. The molecule has 0 fully saturated rings. The maximum atomic E-state index is 13.1. The molecule has 2 amide bonds. The molecule has 2 aromatic rings. The summed E-state index contributed by atoms with van der Waals surface area (Å²) in [5.74, 6) is -0.942. The predicted octanol–water partition coefficient (Wildman–Crippen LogP) is 1.16. The van der Waals surface area contributed by atoms with E-state index in [-0.39, 0.29) is 30.6 Å². The van der Waals surface area contributed by atoms with Gasteiger partial charge in [-0.25, -0.2) is 9.37 Å². The zero-order chi connectivity index (χ0) is 20.0. The molecule has 0 saturated heterocycles. The quantitative estimate of drug-likeness (QED) is 0.625. The molecule has 0 aliphatic rings. The number of likely N-dealkylation sites (N-methyl/N-ethyl adjacent to an activating group) is 1. The van der Waals surface area contributed by atoms with Crippen LogP contribution in [0.5, 0.6) is 0 Å². The number of amides is 2. The summed E-state index contributed by atoms with van der Waals surface area (Å²) in [5.41, 5.74) is 6.34. The van der Waals surface area contributed by atoms with Crippen LogP contribution in [0.3, 0.4) is 0 Å². The zero-order valence-electron chi connectivity index (χ0n) is 15.5. The second-order valence-corrected chi connectivity index (χ2v) is 7.56. The fourth-order valence-corrected chi connectivity index (χ4v) is 2.92. The van der Waals surface area contributed by atoms with E-state index in [9.17, 15) is 14.0 Å². The van der Waals surface area contributed by atoms with E-state index in [1.807, 2.05) is 0 Å². The normalized spacial score (nSPS) is 13.2. The molecule has 1 heterocycles. The van der Waals surface area contributed by atoms with Gasteiger partial charge in [-0.2, -0.15) is 0 Å². The summed E-state index contributed by atoms with van der Waals surface area (Å²) >= 11 is 1.29. The highest BCUT2D eigenvalue weighted by molar-refractivity contribution is 7.15. The Morgan fingerprint density at radius 1 is 1.26 bits per heavy atom. The molecule has 1 aromatic carbocycles. The van der Waals surface area contributed by atoms with E-state index in [0.29, 0.717) is 5.13 Å². The van der Waals surface area contributed by atoms with Crippen molar-refractivity contribution in [1.82, 2.24) is 20.5 Å². The van der Waals surface area contributed by atoms with Gasteiger partial charge in [0.1, 0.15) is 11.9 Å². The van der Waals surface area contributed by atoms with E-state index in [2.05, 4.69) is 15.6 Å². The molecule has 2 atom stereocenters. The van der Waals surface area contributed by atoms with Crippen molar-refractivity contribution in [2.24, 2.45) is 0 Å². The largest absolute Gasteiger partial charge is 0.375 e. The summed E-state index contributed by atoms with van der Waals surface area (Å²) < 4.78 is 13.1. The first-order valence-corrected chi connectivity index (χ1v) is 9.27. The number of carbonyl (C=O) groups excluding carboxylic acids is 2. The van der Waals surface area contributed by atoms with Crippen LogP contribution in [0.2, 0.25) is 0 Å². The Morgan fingerprint density at radius 2 is 1.93 bits per heavy atom. The summed E-state index contributed by atoms with van der Waals surface area (Å²) in [6.45, 7) is 2.02. The topological polar surface area (TPSA) is 100 Å². The molecule has 2 rings (SSSR count). The van der Waals surface area contributed by atoms with E-state index in [0.717, 1.165) is 10.4 Å². The number of benzene rings is 1. The highest BCUT2D eigenvalue weighted by Gasteiger charge is 2.24. The second kappa shape index (κ2) is 9.43. The lowest BCUT2D eigenvalue weighted by Crippen LogP contribution is -2.52. The summed E-state index contributed by atoms with van der Waals surface area (Å²) in [5, 5.41) is 6.00. The molecule has 0 saturated carbocycles. The van der Waals surface area contributed by atoms with Gasteiger partial charge < -0.3 is 16.4 Å². The molecular weight excluding hydrogens is 369 g/mol. The Hall–Kier alpha value is -2.52. The number of nitrogens with one attached hydrogen (secondary N) is 2. The fraction of sp³-hybridized carbons (Fsp3) is 0.389. The van der Waals surface area contributed by atoms with Gasteiger partial charge in [-0.3, -0.25) is 14.5 Å². The van der Waals surface area contributed by atoms with Crippen LogP contribution in [0.1, 0.15) is 17.4 Å². The van der Waals surface area contributed by atoms with Crippen LogP contribution < -0.4 is 16.4 Å². The lowest BCUT2D eigenvalue weighted by Gasteiger charge is -2.24. The molecule has 9 heteroatoms. The lowest BCUT2D eigenvalue weighted by molar-refractivity contribution is -0.131. The minimum atomic E-state index is -0.782. The third kappa shape index (κ3) is 6.30.